The molecule has 1 aliphatic heterocycles. The first-order chi connectivity index (χ1) is 14.2. The standard InChI is InChI=1S/C20H13Cl2N3O5/c1-10(18(27)24-16-5-3-2-4-11(16)8-23)30-17(26)9-25-19(28)12-6-14(21)15(22)7-13(12)20(25)29/h2-7,10H,9H2,1H3,(H,24,27). The van der Waals surface area contributed by atoms with Crippen LogP contribution in [0.3, 0.4) is 0 Å². The van der Waals surface area contributed by atoms with E-state index in [0.29, 0.717) is 4.90 Å². The molecule has 152 valence electrons. The van der Waals surface area contributed by atoms with Gasteiger partial charge in [-0.3, -0.25) is 24.1 Å². The molecule has 1 aliphatic rings. The molecule has 1 heterocycles. The van der Waals surface area contributed by atoms with E-state index in [2.05, 4.69) is 5.32 Å². The second-order valence-electron chi connectivity index (χ2n) is 6.29. The minimum Gasteiger partial charge on any atom is -0.451 e. The fraction of sp³-hybridized carbons (Fsp3) is 0.150. The summed E-state index contributed by atoms with van der Waals surface area (Å²) in [6, 6.07) is 10.8. The number of halogens is 2. The van der Waals surface area contributed by atoms with E-state index in [-0.39, 0.29) is 32.4 Å². The topological polar surface area (TPSA) is 117 Å². The second-order valence-corrected chi connectivity index (χ2v) is 7.10. The maximum atomic E-state index is 12.4. The van der Waals surface area contributed by atoms with Crippen molar-refractivity contribution in [3.63, 3.8) is 0 Å². The van der Waals surface area contributed by atoms with Gasteiger partial charge in [-0.25, -0.2) is 0 Å². The van der Waals surface area contributed by atoms with Crippen LogP contribution in [0.2, 0.25) is 10.0 Å². The number of esters is 1. The first kappa shape index (κ1) is 21.3. The van der Waals surface area contributed by atoms with Crippen molar-refractivity contribution in [2.24, 2.45) is 0 Å². The van der Waals surface area contributed by atoms with Gasteiger partial charge >= 0.3 is 5.97 Å². The number of rotatable bonds is 5. The fourth-order valence-electron chi connectivity index (χ4n) is 2.77. The van der Waals surface area contributed by atoms with Gasteiger partial charge in [0.25, 0.3) is 17.7 Å². The molecular weight excluding hydrogens is 433 g/mol. The number of anilines is 1. The van der Waals surface area contributed by atoms with Crippen LogP contribution in [-0.2, 0) is 14.3 Å². The molecule has 2 aromatic rings. The van der Waals surface area contributed by atoms with Gasteiger partial charge in [0.1, 0.15) is 12.6 Å². The van der Waals surface area contributed by atoms with Crippen LogP contribution in [-0.4, -0.2) is 41.2 Å². The van der Waals surface area contributed by atoms with Crippen molar-refractivity contribution in [2.45, 2.75) is 13.0 Å². The Hall–Kier alpha value is -3.41. The molecule has 0 fully saturated rings. The van der Waals surface area contributed by atoms with Crippen LogP contribution in [0.4, 0.5) is 5.69 Å². The molecule has 0 saturated carbocycles. The SMILES string of the molecule is CC(OC(=O)CN1C(=O)c2cc(Cl)c(Cl)cc2C1=O)C(=O)Nc1ccccc1C#N. The lowest BCUT2D eigenvalue weighted by molar-refractivity contribution is -0.153. The predicted molar refractivity (Wildman–Crippen MR) is 107 cm³/mol. The number of carbonyl (C=O) groups excluding carboxylic acids is 4. The van der Waals surface area contributed by atoms with Gasteiger partial charge in [-0.05, 0) is 31.2 Å². The molecule has 1 N–H and O–H groups in total. The molecule has 2 aromatic carbocycles. The smallest absolute Gasteiger partial charge is 0.326 e. The summed E-state index contributed by atoms with van der Waals surface area (Å²) in [4.78, 5) is 50.0. The fourth-order valence-corrected chi connectivity index (χ4v) is 3.10. The number of fused-ring (bicyclic) bond motifs is 1. The van der Waals surface area contributed by atoms with Crippen LogP contribution in [0.15, 0.2) is 36.4 Å². The Balaban J connectivity index is 1.64. The van der Waals surface area contributed by atoms with Gasteiger partial charge in [0.15, 0.2) is 6.10 Å². The number of nitrogens with one attached hydrogen (secondary N) is 1. The highest BCUT2D eigenvalue weighted by molar-refractivity contribution is 6.43. The van der Waals surface area contributed by atoms with Gasteiger partial charge in [0.2, 0.25) is 0 Å². The molecule has 0 saturated heterocycles. The number of benzene rings is 2. The van der Waals surface area contributed by atoms with Gasteiger partial charge in [-0.1, -0.05) is 35.3 Å². The molecule has 0 bridgehead atoms. The highest BCUT2D eigenvalue weighted by atomic mass is 35.5. The molecule has 3 amide bonds. The third-order valence-electron chi connectivity index (χ3n) is 4.28. The maximum absolute atomic E-state index is 12.4. The number of carbonyl (C=O) groups is 4. The van der Waals surface area contributed by atoms with Gasteiger partial charge in [0.05, 0.1) is 32.4 Å². The molecule has 0 aliphatic carbocycles. The van der Waals surface area contributed by atoms with Crippen LogP contribution in [0.5, 0.6) is 0 Å². The van der Waals surface area contributed by atoms with Crippen molar-refractivity contribution in [3.8, 4) is 6.07 Å². The molecule has 3 rings (SSSR count). The molecule has 30 heavy (non-hydrogen) atoms. The molecule has 8 nitrogen and oxygen atoms in total. The van der Waals surface area contributed by atoms with Crippen LogP contribution in [0.1, 0.15) is 33.2 Å². The molecule has 0 spiro atoms. The number of ether oxygens (including phenoxy) is 1. The number of imide groups is 1. The number of para-hydroxylation sites is 1. The Morgan fingerprint density at radius 3 is 2.27 bits per heavy atom. The summed E-state index contributed by atoms with van der Waals surface area (Å²) in [6.07, 6.45) is -1.23. The highest BCUT2D eigenvalue weighted by Gasteiger charge is 2.38. The maximum Gasteiger partial charge on any atom is 0.326 e. The molecule has 0 aromatic heterocycles. The van der Waals surface area contributed by atoms with E-state index < -0.39 is 36.3 Å². The van der Waals surface area contributed by atoms with Crippen LogP contribution < -0.4 is 5.32 Å². The summed E-state index contributed by atoms with van der Waals surface area (Å²) in [6.45, 7) is 0.637. The van der Waals surface area contributed by atoms with Crippen molar-refractivity contribution in [1.29, 1.82) is 5.26 Å². The van der Waals surface area contributed by atoms with E-state index in [9.17, 15) is 19.2 Å². The lowest BCUT2D eigenvalue weighted by Gasteiger charge is -2.17. The first-order valence-electron chi connectivity index (χ1n) is 8.57. The zero-order valence-corrected chi connectivity index (χ0v) is 17.0. The van der Waals surface area contributed by atoms with Crippen molar-refractivity contribution < 1.29 is 23.9 Å². The normalized spacial score (nSPS) is 13.5. The molecule has 1 atom stereocenters. The van der Waals surface area contributed by atoms with E-state index in [0.717, 1.165) is 0 Å². The molecule has 10 heteroatoms. The number of hydrogen-bond acceptors (Lipinski definition) is 6. The first-order valence-corrected chi connectivity index (χ1v) is 9.33. The monoisotopic (exact) mass is 445 g/mol. The third kappa shape index (κ3) is 4.13. The lowest BCUT2D eigenvalue weighted by atomic mass is 10.1. The van der Waals surface area contributed by atoms with Crippen molar-refractivity contribution in [3.05, 3.63) is 63.1 Å². The van der Waals surface area contributed by atoms with Gasteiger partial charge < -0.3 is 10.1 Å². The number of hydrogen-bond donors (Lipinski definition) is 1. The molecular formula is C20H13Cl2N3O5. The Kier molecular flexibility index (Phi) is 6.06. The summed E-state index contributed by atoms with van der Waals surface area (Å²) in [5.74, 6) is -3.07. The number of nitriles is 1. The number of amides is 3. The summed E-state index contributed by atoms with van der Waals surface area (Å²) >= 11 is 11.8. The Bertz CT molecular complexity index is 1080. The van der Waals surface area contributed by atoms with E-state index in [1.807, 2.05) is 6.07 Å². The third-order valence-corrected chi connectivity index (χ3v) is 5.00. The Morgan fingerprint density at radius 1 is 1.13 bits per heavy atom. The summed E-state index contributed by atoms with van der Waals surface area (Å²) < 4.78 is 5.03. The van der Waals surface area contributed by atoms with Crippen molar-refractivity contribution in [2.75, 3.05) is 11.9 Å². The van der Waals surface area contributed by atoms with Gasteiger partial charge in [0, 0.05) is 0 Å². The quantitative estimate of drug-likeness (QED) is 0.558. The average Bonchev–Trinajstić information content (AvgIpc) is 2.93. The zero-order valence-electron chi connectivity index (χ0n) is 15.4. The van der Waals surface area contributed by atoms with Crippen LogP contribution in [0.25, 0.3) is 0 Å². The molecule has 1 unspecified atom stereocenters. The van der Waals surface area contributed by atoms with Crippen LogP contribution in [0, 0.1) is 11.3 Å². The van der Waals surface area contributed by atoms with Gasteiger partial charge in [-0.2, -0.15) is 5.26 Å². The second kappa shape index (κ2) is 8.53. The Labute approximate surface area is 180 Å². The predicted octanol–water partition coefficient (Wildman–Crippen LogP) is 3.03. The lowest BCUT2D eigenvalue weighted by Crippen LogP contribution is -2.38. The summed E-state index contributed by atoms with van der Waals surface area (Å²) in [5.41, 5.74) is 0.567. The largest absolute Gasteiger partial charge is 0.451 e. The highest BCUT2D eigenvalue weighted by Crippen LogP contribution is 2.31. The summed E-state index contributed by atoms with van der Waals surface area (Å²) in [5, 5.41) is 11.8. The van der Waals surface area contributed by atoms with E-state index in [1.54, 1.807) is 12.1 Å². The summed E-state index contributed by atoms with van der Waals surface area (Å²) in [7, 11) is 0. The number of nitrogens with zero attached hydrogens (tertiary/aromatic N) is 2. The average molecular weight is 446 g/mol. The Morgan fingerprint density at radius 2 is 1.70 bits per heavy atom. The minimum absolute atomic E-state index is 0.0288. The van der Waals surface area contributed by atoms with E-state index in [4.69, 9.17) is 33.2 Å². The van der Waals surface area contributed by atoms with Gasteiger partial charge in [-0.15, -0.1) is 0 Å². The van der Waals surface area contributed by atoms with E-state index in [1.165, 1.54) is 31.2 Å². The zero-order chi connectivity index (χ0) is 22.0. The van der Waals surface area contributed by atoms with E-state index >= 15 is 0 Å². The van der Waals surface area contributed by atoms with Crippen LogP contribution >= 0.6 is 23.2 Å². The van der Waals surface area contributed by atoms with Crippen molar-refractivity contribution >= 4 is 52.6 Å². The minimum atomic E-state index is -1.23. The van der Waals surface area contributed by atoms with Crippen molar-refractivity contribution in [1.82, 2.24) is 4.90 Å². The molecule has 0 radical (unpaired) electrons.